The predicted octanol–water partition coefficient (Wildman–Crippen LogP) is 3.52. The van der Waals surface area contributed by atoms with Gasteiger partial charge in [0.15, 0.2) is 0 Å². The first kappa shape index (κ1) is 21.4. The second-order valence-electron chi connectivity index (χ2n) is 9.81. The van der Waals surface area contributed by atoms with Gasteiger partial charge in [0.1, 0.15) is 0 Å². The minimum Gasteiger partial charge on any atom is -0.342 e. The first-order valence-corrected chi connectivity index (χ1v) is 12.3. The van der Waals surface area contributed by atoms with E-state index in [0.717, 1.165) is 80.7 Å². The SMILES string of the molecule is CN1CCN(C(=O)c2cc([C@H]3CCN(C(=O)C4CCCCC4)C3)nc3ccccc23)CC1. The molecule has 3 heterocycles. The van der Waals surface area contributed by atoms with Crippen molar-refractivity contribution in [1.82, 2.24) is 19.7 Å². The maximum absolute atomic E-state index is 13.5. The van der Waals surface area contributed by atoms with Gasteiger partial charge in [-0.05, 0) is 38.4 Å². The van der Waals surface area contributed by atoms with E-state index >= 15 is 0 Å². The molecule has 6 heteroatoms. The third kappa shape index (κ3) is 4.25. The number of pyridine rings is 1. The van der Waals surface area contributed by atoms with Gasteiger partial charge in [-0.25, -0.2) is 0 Å². The average molecular weight is 435 g/mol. The summed E-state index contributed by atoms with van der Waals surface area (Å²) in [6.45, 7) is 4.85. The molecule has 1 saturated carbocycles. The summed E-state index contributed by atoms with van der Waals surface area (Å²) in [7, 11) is 2.10. The van der Waals surface area contributed by atoms with Crippen molar-refractivity contribution >= 4 is 22.7 Å². The fourth-order valence-electron chi connectivity index (χ4n) is 5.57. The Morgan fingerprint density at radius 2 is 1.66 bits per heavy atom. The van der Waals surface area contributed by atoms with Gasteiger partial charge in [0.05, 0.1) is 11.1 Å². The maximum Gasteiger partial charge on any atom is 0.254 e. The minimum absolute atomic E-state index is 0.103. The average Bonchev–Trinajstić information content (AvgIpc) is 3.34. The number of likely N-dealkylation sites (tertiary alicyclic amines) is 1. The van der Waals surface area contributed by atoms with Crippen molar-refractivity contribution in [1.29, 1.82) is 0 Å². The van der Waals surface area contributed by atoms with Gasteiger partial charge in [0.2, 0.25) is 5.91 Å². The Kier molecular flexibility index (Phi) is 6.13. The van der Waals surface area contributed by atoms with Gasteiger partial charge in [-0.1, -0.05) is 37.5 Å². The summed E-state index contributed by atoms with van der Waals surface area (Å²) in [6.07, 6.45) is 6.62. The third-order valence-corrected chi connectivity index (χ3v) is 7.63. The molecule has 1 aliphatic carbocycles. The van der Waals surface area contributed by atoms with Crippen molar-refractivity contribution in [2.24, 2.45) is 5.92 Å². The molecule has 1 aromatic carbocycles. The number of fused-ring (bicyclic) bond motifs is 1. The Morgan fingerprint density at radius 1 is 0.906 bits per heavy atom. The highest BCUT2D eigenvalue weighted by Gasteiger charge is 2.33. The molecule has 0 N–H and O–H groups in total. The van der Waals surface area contributed by atoms with E-state index in [1.807, 2.05) is 35.2 Å². The van der Waals surface area contributed by atoms with Crippen molar-refractivity contribution in [2.45, 2.75) is 44.4 Å². The van der Waals surface area contributed by atoms with Crippen LogP contribution in [0.1, 0.15) is 60.5 Å². The van der Waals surface area contributed by atoms with Gasteiger partial charge in [0, 0.05) is 62.2 Å². The van der Waals surface area contributed by atoms with Crippen LogP contribution in [0.4, 0.5) is 0 Å². The zero-order valence-electron chi connectivity index (χ0n) is 19.1. The van der Waals surface area contributed by atoms with Crippen LogP contribution < -0.4 is 0 Å². The zero-order chi connectivity index (χ0) is 22.1. The standard InChI is InChI=1S/C26H34N4O2/c1-28-13-15-29(16-14-28)26(32)22-17-24(27-23-10-6-5-9-21(22)23)20-11-12-30(18-20)25(31)19-7-3-2-4-8-19/h5-6,9-10,17,19-20H,2-4,7-8,11-16,18H2,1H3/t20-/m0/s1. The van der Waals surface area contributed by atoms with Gasteiger partial charge in [-0.2, -0.15) is 0 Å². The van der Waals surface area contributed by atoms with Gasteiger partial charge in [-0.15, -0.1) is 0 Å². The van der Waals surface area contributed by atoms with Gasteiger partial charge < -0.3 is 14.7 Å². The molecule has 0 radical (unpaired) electrons. The summed E-state index contributed by atoms with van der Waals surface area (Å²) in [5.74, 6) is 0.848. The Balaban J connectivity index is 1.39. The number of piperazine rings is 1. The number of benzene rings is 1. The van der Waals surface area contributed by atoms with Crippen molar-refractivity contribution in [3.63, 3.8) is 0 Å². The van der Waals surface area contributed by atoms with Crippen LogP contribution in [0.2, 0.25) is 0 Å². The van der Waals surface area contributed by atoms with Crippen molar-refractivity contribution in [3.05, 3.63) is 41.6 Å². The van der Waals surface area contributed by atoms with Gasteiger partial charge >= 0.3 is 0 Å². The zero-order valence-corrected chi connectivity index (χ0v) is 19.1. The van der Waals surface area contributed by atoms with Crippen LogP contribution in [0.3, 0.4) is 0 Å². The number of aromatic nitrogens is 1. The highest BCUT2D eigenvalue weighted by atomic mass is 16.2. The van der Waals surface area contributed by atoms with E-state index in [1.54, 1.807) is 0 Å². The molecule has 3 aliphatic rings. The second kappa shape index (κ2) is 9.18. The molecule has 0 spiro atoms. The Labute approximate surface area is 190 Å². The number of likely N-dealkylation sites (N-methyl/N-ethyl adjacent to an activating group) is 1. The molecule has 0 bridgehead atoms. The molecule has 3 fully saturated rings. The molecule has 5 rings (SSSR count). The molecule has 2 saturated heterocycles. The molecule has 1 aromatic heterocycles. The summed E-state index contributed by atoms with van der Waals surface area (Å²) >= 11 is 0. The molecule has 6 nitrogen and oxygen atoms in total. The molecule has 2 aromatic rings. The second-order valence-corrected chi connectivity index (χ2v) is 9.81. The van der Waals surface area contributed by atoms with Crippen LogP contribution in [0.25, 0.3) is 10.9 Å². The minimum atomic E-state index is 0.103. The van der Waals surface area contributed by atoms with E-state index in [-0.39, 0.29) is 17.7 Å². The van der Waals surface area contributed by atoms with E-state index in [1.165, 1.54) is 19.3 Å². The van der Waals surface area contributed by atoms with E-state index in [4.69, 9.17) is 4.98 Å². The Morgan fingerprint density at radius 3 is 2.44 bits per heavy atom. The summed E-state index contributed by atoms with van der Waals surface area (Å²) < 4.78 is 0. The van der Waals surface area contributed by atoms with Gasteiger partial charge in [0.25, 0.3) is 5.91 Å². The fourth-order valence-corrected chi connectivity index (χ4v) is 5.57. The number of para-hydroxylation sites is 1. The topological polar surface area (TPSA) is 56.8 Å². The van der Waals surface area contributed by atoms with E-state index in [9.17, 15) is 9.59 Å². The predicted molar refractivity (Wildman–Crippen MR) is 126 cm³/mol. The summed E-state index contributed by atoms with van der Waals surface area (Å²) in [6, 6.07) is 9.98. The third-order valence-electron chi connectivity index (χ3n) is 7.63. The number of hydrogen-bond acceptors (Lipinski definition) is 4. The van der Waals surface area contributed by atoms with Crippen LogP contribution >= 0.6 is 0 Å². The highest BCUT2D eigenvalue weighted by Crippen LogP contribution is 2.33. The van der Waals surface area contributed by atoms with Crippen LogP contribution in [-0.2, 0) is 4.79 Å². The molecule has 32 heavy (non-hydrogen) atoms. The Hall–Kier alpha value is -2.47. The molecule has 170 valence electrons. The molecule has 2 amide bonds. The highest BCUT2D eigenvalue weighted by molar-refractivity contribution is 6.06. The Bertz CT molecular complexity index is 992. The first-order chi connectivity index (χ1) is 15.6. The molecular weight excluding hydrogens is 400 g/mol. The lowest BCUT2D eigenvalue weighted by Gasteiger charge is -2.32. The number of carbonyl (C=O) groups is 2. The normalized spacial score (nSPS) is 23.1. The van der Waals surface area contributed by atoms with Crippen molar-refractivity contribution in [3.8, 4) is 0 Å². The summed E-state index contributed by atoms with van der Waals surface area (Å²) in [5, 5.41) is 0.924. The summed E-state index contributed by atoms with van der Waals surface area (Å²) in [4.78, 5) is 37.8. The van der Waals surface area contributed by atoms with E-state index in [0.29, 0.717) is 5.91 Å². The molecule has 2 aliphatic heterocycles. The van der Waals surface area contributed by atoms with Crippen LogP contribution in [0.5, 0.6) is 0 Å². The largest absolute Gasteiger partial charge is 0.342 e. The number of rotatable bonds is 3. The number of nitrogens with zero attached hydrogens (tertiary/aromatic N) is 4. The van der Waals surface area contributed by atoms with Gasteiger partial charge in [-0.3, -0.25) is 14.6 Å². The van der Waals surface area contributed by atoms with E-state index < -0.39 is 0 Å². The monoisotopic (exact) mass is 434 g/mol. The van der Waals surface area contributed by atoms with Crippen LogP contribution in [0.15, 0.2) is 30.3 Å². The molecule has 1 atom stereocenters. The molecule has 0 unspecified atom stereocenters. The summed E-state index contributed by atoms with van der Waals surface area (Å²) in [5.41, 5.74) is 2.59. The molecular formula is C26H34N4O2. The smallest absolute Gasteiger partial charge is 0.254 e. The van der Waals surface area contributed by atoms with E-state index in [2.05, 4.69) is 16.8 Å². The lowest BCUT2D eigenvalue weighted by atomic mass is 9.88. The first-order valence-electron chi connectivity index (χ1n) is 12.3. The quantitative estimate of drug-likeness (QED) is 0.742. The lowest BCUT2D eigenvalue weighted by molar-refractivity contribution is -0.135. The number of carbonyl (C=O) groups excluding carboxylic acids is 2. The maximum atomic E-state index is 13.5. The number of amides is 2. The lowest BCUT2D eigenvalue weighted by Crippen LogP contribution is -2.47. The number of hydrogen-bond donors (Lipinski definition) is 0. The van der Waals surface area contributed by atoms with Crippen molar-refractivity contribution < 1.29 is 9.59 Å². The van der Waals surface area contributed by atoms with Crippen LogP contribution in [-0.4, -0.2) is 77.8 Å². The fraction of sp³-hybridized carbons (Fsp3) is 0.577. The van der Waals surface area contributed by atoms with Crippen LogP contribution in [0, 0.1) is 5.92 Å². The van der Waals surface area contributed by atoms with Crippen molar-refractivity contribution in [2.75, 3.05) is 46.3 Å².